The smallest absolute Gasteiger partial charge is 0.0518 e. The Kier molecular flexibility index (Phi) is 16.9. The van der Waals surface area contributed by atoms with Crippen LogP contribution in [0.5, 0.6) is 0 Å². The molecule has 1 saturated carbocycles. The average molecular weight is 369 g/mol. The van der Waals surface area contributed by atoms with Gasteiger partial charge in [0.2, 0.25) is 0 Å². The first-order valence-electron chi connectivity index (χ1n) is 12.0. The van der Waals surface area contributed by atoms with Gasteiger partial charge in [0.1, 0.15) is 0 Å². The molecule has 0 aromatic heterocycles. The van der Waals surface area contributed by atoms with Crippen LogP contribution in [0.1, 0.15) is 123 Å². The molecule has 2 nitrogen and oxygen atoms in total. The lowest BCUT2D eigenvalue weighted by Crippen LogP contribution is -2.07. The van der Waals surface area contributed by atoms with E-state index in [9.17, 15) is 0 Å². The van der Waals surface area contributed by atoms with E-state index < -0.39 is 0 Å². The van der Waals surface area contributed by atoms with Crippen LogP contribution in [-0.2, 0) is 9.47 Å². The van der Waals surface area contributed by atoms with Crippen molar-refractivity contribution in [2.24, 2.45) is 5.92 Å². The average Bonchev–Trinajstić information content (AvgIpc) is 3.14. The summed E-state index contributed by atoms with van der Waals surface area (Å²) in [5.74, 6) is 1.10. The van der Waals surface area contributed by atoms with Gasteiger partial charge in [-0.2, -0.15) is 0 Å². The fraction of sp³-hybridized carbons (Fsp3) is 1.00. The third-order valence-electron chi connectivity index (χ3n) is 5.76. The van der Waals surface area contributed by atoms with Gasteiger partial charge < -0.3 is 9.47 Å². The van der Waals surface area contributed by atoms with E-state index in [1.807, 2.05) is 0 Å². The van der Waals surface area contributed by atoms with Crippen molar-refractivity contribution in [1.29, 1.82) is 0 Å². The second-order valence-electron chi connectivity index (χ2n) is 8.71. The van der Waals surface area contributed by atoms with Crippen LogP contribution < -0.4 is 0 Å². The molecule has 0 aromatic carbocycles. The van der Waals surface area contributed by atoms with Gasteiger partial charge in [0.15, 0.2) is 0 Å². The predicted molar refractivity (Wildman–Crippen MR) is 114 cm³/mol. The first-order valence-corrected chi connectivity index (χ1v) is 12.0. The highest BCUT2D eigenvalue weighted by Gasteiger charge is 2.13. The van der Waals surface area contributed by atoms with E-state index in [1.54, 1.807) is 0 Å². The molecule has 0 aliphatic heterocycles. The molecule has 156 valence electrons. The highest BCUT2D eigenvalue weighted by Crippen LogP contribution is 2.29. The molecule has 0 amide bonds. The minimum absolute atomic E-state index is 0.344. The van der Waals surface area contributed by atoms with E-state index in [0.29, 0.717) is 6.10 Å². The molecule has 0 heterocycles. The fourth-order valence-electron chi connectivity index (χ4n) is 4.11. The maximum absolute atomic E-state index is 5.66. The Morgan fingerprint density at radius 3 is 1.69 bits per heavy atom. The van der Waals surface area contributed by atoms with Gasteiger partial charge in [-0.25, -0.2) is 0 Å². The van der Waals surface area contributed by atoms with Gasteiger partial charge in [-0.05, 0) is 32.6 Å². The van der Waals surface area contributed by atoms with Crippen molar-refractivity contribution in [3.63, 3.8) is 0 Å². The van der Waals surface area contributed by atoms with Gasteiger partial charge in [0, 0.05) is 19.8 Å². The van der Waals surface area contributed by atoms with E-state index in [2.05, 4.69) is 13.8 Å². The lowest BCUT2D eigenvalue weighted by Gasteiger charge is -2.08. The predicted octanol–water partition coefficient (Wildman–Crippen LogP) is 7.69. The van der Waals surface area contributed by atoms with Crippen molar-refractivity contribution in [2.75, 3.05) is 19.8 Å². The second kappa shape index (κ2) is 18.3. The topological polar surface area (TPSA) is 18.5 Å². The van der Waals surface area contributed by atoms with Crippen LogP contribution in [0.15, 0.2) is 0 Å². The summed E-state index contributed by atoms with van der Waals surface area (Å²) in [6.45, 7) is 6.78. The third kappa shape index (κ3) is 16.1. The quantitative estimate of drug-likeness (QED) is 0.218. The molecule has 1 rings (SSSR count). The normalized spacial score (nSPS) is 15.3. The van der Waals surface area contributed by atoms with Crippen molar-refractivity contribution < 1.29 is 9.47 Å². The molecule has 0 N–H and O–H groups in total. The zero-order valence-electron chi connectivity index (χ0n) is 18.1. The molecule has 0 radical (unpaired) electrons. The molecule has 26 heavy (non-hydrogen) atoms. The first-order chi connectivity index (χ1) is 12.8. The van der Waals surface area contributed by atoms with Crippen LogP contribution in [0, 0.1) is 5.92 Å². The Morgan fingerprint density at radius 1 is 0.615 bits per heavy atom. The molecule has 1 aliphatic carbocycles. The highest BCUT2D eigenvalue weighted by atomic mass is 16.5. The summed E-state index contributed by atoms with van der Waals surface area (Å²) in [4.78, 5) is 0. The number of ether oxygens (including phenoxy) is 2. The van der Waals surface area contributed by atoms with Crippen molar-refractivity contribution in [2.45, 2.75) is 129 Å². The van der Waals surface area contributed by atoms with Gasteiger partial charge in [0.25, 0.3) is 0 Å². The second-order valence-corrected chi connectivity index (χ2v) is 8.71. The molecule has 1 aliphatic rings. The van der Waals surface area contributed by atoms with Crippen molar-refractivity contribution in [3.8, 4) is 0 Å². The summed E-state index contributed by atoms with van der Waals surface area (Å²) in [6.07, 6.45) is 24.6. The fourth-order valence-corrected chi connectivity index (χ4v) is 4.11. The maximum Gasteiger partial charge on any atom is 0.0518 e. The SMILES string of the molecule is CC(C)OCCCOCCCCCCCCCCCCCC1CCCC1. The number of rotatable bonds is 19. The lowest BCUT2D eigenvalue weighted by atomic mass is 9.99. The number of hydrogen-bond acceptors (Lipinski definition) is 2. The Hall–Kier alpha value is -0.0800. The highest BCUT2D eigenvalue weighted by molar-refractivity contribution is 4.67. The Labute approximate surface area is 164 Å². The summed E-state index contributed by atoms with van der Waals surface area (Å²) in [5, 5.41) is 0. The van der Waals surface area contributed by atoms with Crippen LogP contribution in [0.4, 0.5) is 0 Å². The van der Waals surface area contributed by atoms with E-state index in [0.717, 1.165) is 32.2 Å². The maximum atomic E-state index is 5.66. The van der Waals surface area contributed by atoms with Crippen molar-refractivity contribution >= 4 is 0 Å². The molecule has 0 spiro atoms. The third-order valence-corrected chi connectivity index (χ3v) is 5.76. The van der Waals surface area contributed by atoms with Crippen LogP contribution in [0.25, 0.3) is 0 Å². The summed E-state index contributed by atoms with van der Waals surface area (Å²) in [5.41, 5.74) is 0. The van der Waals surface area contributed by atoms with Gasteiger partial charge >= 0.3 is 0 Å². The summed E-state index contributed by atoms with van der Waals surface area (Å²) in [6, 6.07) is 0. The van der Waals surface area contributed by atoms with Crippen LogP contribution in [-0.4, -0.2) is 25.9 Å². The minimum Gasteiger partial charge on any atom is -0.381 e. The molecule has 0 unspecified atom stereocenters. The summed E-state index contributed by atoms with van der Waals surface area (Å²) in [7, 11) is 0. The summed E-state index contributed by atoms with van der Waals surface area (Å²) >= 11 is 0. The Bertz CT molecular complexity index is 271. The van der Waals surface area contributed by atoms with Gasteiger partial charge in [0.05, 0.1) is 6.10 Å². The molecule has 0 saturated heterocycles. The van der Waals surface area contributed by atoms with Gasteiger partial charge in [-0.3, -0.25) is 0 Å². The molecule has 0 atom stereocenters. The Morgan fingerprint density at radius 2 is 1.12 bits per heavy atom. The van der Waals surface area contributed by atoms with E-state index >= 15 is 0 Å². The van der Waals surface area contributed by atoms with Crippen LogP contribution in [0.3, 0.4) is 0 Å². The number of unbranched alkanes of at least 4 members (excludes halogenated alkanes) is 10. The zero-order chi connectivity index (χ0) is 18.7. The van der Waals surface area contributed by atoms with Gasteiger partial charge in [-0.15, -0.1) is 0 Å². The standard InChI is InChI=1S/C24H48O2/c1-23(2)26-22-16-21-25-20-15-11-9-7-5-3-4-6-8-10-12-17-24-18-13-14-19-24/h23-24H,3-22H2,1-2H3. The summed E-state index contributed by atoms with van der Waals surface area (Å²) < 4.78 is 11.2. The van der Waals surface area contributed by atoms with Gasteiger partial charge in [-0.1, -0.05) is 96.3 Å². The van der Waals surface area contributed by atoms with Crippen molar-refractivity contribution in [1.82, 2.24) is 0 Å². The number of hydrogen-bond donors (Lipinski definition) is 0. The monoisotopic (exact) mass is 368 g/mol. The Balaban J connectivity index is 1.63. The molecular formula is C24H48O2. The van der Waals surface area contributed by atoms with Crippen LogP contribution >= 0.6 is 0 Å². The molecule has 1 fully saturated rings. The van der Waals surface area contributed by atoms with Crippen LogP contribution in [0.2, 0.25) is 0 Å². The molecule has 0 bridgehead atoms. The lowest BCUT2D eigenvalue weighted by molar-refractivity contribution is 0.0507. The largest absolute Gasteiger partial charge is 0.381 e. The molecule has 2 heteroatoms. The molecule has 0 aromatic rings. The minimum atomic E-state index is 0.344. The van der Waals surface area contributed by atoms with Crippen molar-refractivity contribution in [3.05, 3.63) is 0 Å². The zero-order valence-corrected chi connectivity index (χ0v) is 18.1. The molecular weight excluding hydrogens is 320 g/mol. The van der Waals surface area contributed by atoms with E-state index in [-0.39, 0.29) is 0 Å². The first kappa shape index (κ1) is 24.0. The van der Waals surface area contributed by atoms with E-state index in [1.165, 1.54) is 103 Å². The van der Waals surface area contributed by atoms with E-state index in [4.69, 9.17) is 9.47 Å².